The Labute approximate surface area is 89.3 Å². The molecule has 0 bridgehead atoms. The number of anilines is 1. The van der Waals surface area contributed by atoms with E-state index in [2.05, 4.69) is 18.3 Å². The van der Waals surface area contributed by atoms with Crippen molar-refractivity contribution in [3.63, 3.8) is 0 Å². The predicted molar refractivity (Wildman–Crippen MR) is 61.7 cm³/mol. The molecule has 0 spiro atoms. The molecule has 3 heteroatoms. The molecule has 0 radical (unpaired) electrons. The molecule has 0 saturated heterocycles. The molecule has 0 aliphatic heterocycles. The SMILES string of the molecule is CCNc1cccc(SCC)c1C#N. The van der Waals surface area contributed by atoms with Gasteiger partial charge >= 0.3 is 0 Å². The van der Waals surface area contributed by atoms with Crippen molar-refractivity contribution in [3.05, 3.63) is 23.8 Å². The summed E-state index contributed by atoms with van der Waals surface area (Å²) in [4.78, 5) is 1.06. The molecule has 74 valence electrons. The van der Waals surface area contributed by atoms with Crippen LogP contribution in [0.5, 0.6) is 0 Å². The second-order valence-corrected chi connectivity index (χ2v) is 4.06. The molecule has 0 aliphatic rings. The molecule has 0 amide bonds. The van der Waals surface area contributed by atoms with Gasteiger partial charge in [-0.25, -0.2) is 0 Å². The quantitative estimate of drug-likeness (QED) is 0.769. The van der Waals surface area contributed by atoms with Crippen molar-refractivity contribution >= 4 is 17.4 Å². The fourth-order valence-corrected chi connectivity index (χ4v) is 2.05. The van der Waals surface area contributed by atoms with Crippen molar-refractivity contribution in [1.29, 1.82) is 5.26 Å². The van der Waals surface area contributed by atoms with E-state index in [1.807, 2.05) is 25.1 Å². The molecule has 0 atom stereocenters. The summed E-state index contributed by atoms with van der Waals surface area (Å²) in [7, 11) is 0. The van der Waals surface area contributed by atoms with Gasteiger partial charge in [-0.05, 0) is 24.8 Å². The Morgan fingerprint density at radius 1 is 1.43 bits per heavy atom. The minimum atomic E-state index is 0.765. The first-order valence-electron chi connectivity index (χ1n) is 4.73. The monoisotopic (exact) mass is 206 g/mol. The lowest BCUT2D eigenvalue weighted by atomic mass is 10.2. The van der Waals surface area contributed by atoms with Gasteiger partial charge < -0.3 is 5.32 Å². The highest BCUT2D eigenvalue weighted by atomic mass is 32.2. The van der Waals surface area contributed by atoms with Gasteiger partial charge in [-0.2, -0.15) is 5.26 Å². The third-order valence-corrected chi connectivity index (χ3v) is 2.74. The Morgan fingerprint density at radius 3 is 2.79 bits per heavy atom. The number of nitriles is 1. The maximum Gasteiger partial charge on any atom is 0.102 e. The van der Waals surface area contributed by atoms with Crippen LogP contribution >= 0.6 is 11.8 Å². The normalized spacial score (nSPS) is 9.50. The minimum Gasteiger partial charge on any atom is -0.384 e. The van der Waals surface area contributed by atoms with E-state index in [0.717, 1.165) is 28.4 Å². The summed E-state index contributed by atoms with van der Waals surface area (Å²) in [5.41, 5.74) is 1.70. The predicted octanol–water partition coefficient (Wildman–Crippen LogP) is 3.10. The molecule has 1 aromatic carbocycles. The van der Waals surface area contributed by atoms with Crippen molar-refractivity contribution < 1.29 is 0 Å². The van der Waals surface area contributed by atoms with Gasteiger partial charge in [0.1, 0.15) is 6.07 Å². The first-order chi connectivity index (χ1) is 6.83. The van der Waals surface area contributed by atoms with Crippen molar-refractivity contribution in [1.82, 2.24) is 0 Å². The molecule has 0 aliphatic carbocycles. The molecule has 0 unspecified atom stereocenters. The number of thioether (sulfide) groups is 1. The van der Waals surface area contributed by atoms with Crippen LogP contribution < -0.4 is 5.32 Å². The highest BCUT2D eigenvalue weighted by Crippen LogP contribution is 2.27. The smallest absolute Gasteiger partial charge is 0.102 e. The van der Waals surface area contributed by atoms with Gasteiger partial charge in [-0.3, -0.25) is 0 Å². The highest BCUT2D eigenvalue weighted by Gasteiger charge is 2.06. The second-order valence-electron chi connectivity index (χ2n) is 2.75. The highest BCUT2D eigenvalue weighted by molar-refractivity contribution is 7.99. The largest absolute Gasteiger partial charge is 0.384 e. The van der Waals surface area contributed by atoms with Crippen LogP contribution in [0.3, 0.4) is 0 Å². The van der Waals surface area contributed by atoms with Crippen molar-refractivity contribution in [2.45, 2.75) is 18.7 Å². The van der Waals surface area contributed by atoms with Crippen LogP contribution in [-0.4, -0.2) is 12.3 Å². The van der Waals surface area contributed by atoms with Crippen LogP contribution in [0.1, 0.15) is 19.4 Å². The fourth-order valence-electron chi connectivity index (χ4n) is 1.26. The summed E-state index contributed by atoms with van der Waals surface area (Å²) in [6.07, 6.45) is 0. The summed E-state index contributed by atoms with van der Waals surface area (Å²) >= 11 is 1.70. The third-order valence-electron chi connectivity index (χ3n) is 1.81. The number of rotatable bonds is 4. The van der Waals surface area contributed by atoms with Crippen LogP contribution in [0.4, 0.5) is 5.69 Å². The molecule has 0 saturated carbocycles. The molecule has 0 aromatic heterocycles. The van der Waals surface area contributed by atoms with Gasteiger partial charge in [0.25, 0.3) is 0 Å². The summed E-state index contributed by atoms with van der Waals surface area (Å²) in [6, 6.07) is 8.17. The first-order valence-corrected chi connectivity index (χ1v) is 5.71. The Hall–Kier alpha value is -1.14. The van der Waals surface area contributed by atoms with Gasteiger partial charge in [0.05, 0.1) is 11.3 Å². The van der Waals surface area contributed by atoms with Crippen molar-refractivity contribution in [2.75, 3.05) is 17.6 Å². The molecule has 1 aromatic rings. The Balaban J connectivity index is 3.06. The third kappa shape index (κ3) is 2.43. The Morgan fingerprint density at radius 2 is 2.21 bits per heavy atom. The van der Waals surface area contributed by atoms with Crippen LogP contribution in [0, 0.1) is 11.3 Å². The molecule has 14 heavy (non-hydrogen) atoms. The van der Waals surface area contributed by atoms with Gasteiger partial charge in [0.15, 0.2) is 0 Å². The van der Waals surface area contributed by atoms with E-state index >= 15 is 0 Å². The lowest BCUT2D eigenvalue weighted by Crippen LogP contribution is -1.99. The maximum absolute atomic E-state index is 9.05. The zero-order chi connectivity index (χ0) is 10.4. The van der Waals surface area contributed by atoms with E-state index in [9.17, 15) is 0 Å². The molecular weight excluding hydrogens is 192 g/mol. The summed E-state index contributed by atoms with van der Waals surface area (Å²) in [5, 5.41) is 12.2. The fraction of sp³-hybridized carbons (Fsp3) is 0.364. The standard InChI is InChI=1S/C11H14N2S/c1-3-13-10-6-5-7-11(14-4-2)9(10)8-12/h5-7,13H,3-4H2,1-2H3. The van der Waals surface area contributed by atoms with Gasteiger partial charge in [0.2, 0.25) is 0 Å². The van der Waals surface area contributed by atoms with Crippen LogP contribution in [0.25, 0.3) is 0 Å². The second kappa shape index (κ2) is 5.56. The van der Waals surface area contributed by atoms with E-state index in [0.29, 0.717) is 0 Å². The zero-order valence-electron chi connectivity index (χ0n) is 8.50. The summed E-state index contributed by atoms with van der Waals surface area (Å²) in [6.45, 7) is 4.96. The number of hydrogen-bond donors (Lipinski definition) is 1. The number of nitrogens with one attached hydrogen (secondary N) is 1. The maximum atomic E-state index is 9.05. The summed E-state index contributed by atoms with van der Waals surface area (Å²) in [5.74, 6) is 0.990. The van der Waals surface area contributed by atoms with Crippen molar-refractivity contribution in [3.8, 4) is 6.07 Å². The van der Waals surface area contributed by atoms with Gasteiger partial charge in [0, 0.05) is 11.4 Å². The van der Waals surface area contributed by atoms with Gasteiger partial charge in [-0.15, -0.1) is 11.8 Å². The van der Waals surface area contributed by atoms with Crippen LogP contribution in [0.2, 0.25) is 0 Å². The van der Waals surface area contributed by atoms with E-state index in [1.54, 1.807) is 11.8 Å². The minimum absolute atomic E-state index is 0.765. The lowest BCUT2D eigenvalue weighted by Gasteiger charge is -2.08. The number of nitrogens with zero attached hydrogens (tertiary/aromatic N) is 1. The van der Waals surface area contributed by atoms with Crippen LogP contribution in [-0.2, 0) is 0 Å². The Bertz CT molecular complexity index is 317. The molecular formula is C11H14N2S. The number of benzene rings is 1. The summed E-state index contributed by atoms with van der Waals surface area (Å²) < 4.78 is 0. The molecule has 1 N–H and O–H groups in total. The molecule has 0 fully saturated rings. The van der Waals surface area contributed by atoms with E-state index < -0.39 is 0 Å². The molecule has 2 nitrogen and oxygen atoms in total. The average molecular weight is 206 g/mol. The van der Waals surface area contributed by atoms with Gasteiger partial charge in [-0.1, -0.05) is 13.0 Å². The number of hydrogen-bond acceptors (Lipinski definition) is 3. The zero-order valence-corrected chi connectivity index (χ0v) is 9.32. The van der Waals surface area contributed by atoms with E-state index in [-0.39, 0.29) is 0 Å². The Kier molecular flexibility index (Phi) is 4.34. The first kappa shape index (κ1) is 10.9. The molecule has 1 rings (SSSR count). The van der Waals surface area contributed by atoms with Crippen molar-refractivity contribution in [2.24, 2.45) is 0 Å². The average Bonchev–Trinajstić information content (AvgIpc) is 2.19. The van der Waals surface area contributed by atoms with E-state index in [1.165, 1.54) is 0 Å². The molecule has 0 heterocycles. The topological polar surface area (TPSA) is 35.8 Å². The van der Waals surface area contributed by atoms with Crippen LogP contribution in [0.15, 0.2) is 23.1 Å². The lowest BCUT2D eigenvalue weighted by molar-refractivity contribution is 1.19. The van der Waals surface area contributed by atoms with E-state index in [4.69, 9.17) is 5.26 Å².